The van der Waals surface area contributed by atoms with Gasteiger partial charge in [0.05, 0.1) is 38.4 Å². The molecule has 7 heteroatoms. The summed E-state index contributed by atoms with van der Waals surface area (Å²) in [6.07, 6.45) is 20.0. The third-order valence-electron chi connectivity index (χ3n) is 11.0. The van der Waals surface area contributed by atoms with Crippen LogP contribution >= 0.6 is 0 Å². The first-order chi connectivity index (χ1) is 24.5. The predicted octanol–water partition coefficient (Wildman–Crippen LogP) is 9.99. The number of hydrogen-bond acceptors (Lipinski definition) is 7. The molecule has 2 rings (SSSR count). The smallest absolute Gasteiger partial charge is 0.333 e. The van der Waals surface area contributed by atoms with Crippen LogP contribution in [0.15, 0.2) is 36.4 Å². The Morgan fingerprint density at radius 1 is 0.765 bits per heavy atom. The van der Waals surface area contributed by atoms with Crippen molar-refractivity contribution in [1.82, 2.24) is 0 Å². The van der Waals surface area contributed by atoms with Gasteiger partial charge in [-0.3, -0.25) is 0 Å². The molecular formula is C44H72O7. The monoisotopic (exact) mass is 713 g/mol. The molecule has 0 saturated heterocycles. The summed E-state index contributed by atoms with van der Waals surface area (Å²) in [7, 11) is 0. The zero-order valence-corrected chi connectivity index (χ0v) is 33.0. The third kappa shape index (κ3) is 15.9. The van der Waals surface area contributed by atoms with Crippen LogP contribution < -0.4 is 4.74 Å². The molecule has 0 radical (unpaired) electrons. The standard InChI is InChI=1S/C44H72O7/c1-8-11-12-17-35-22-24-36(25-23-35)18-13-19-37(16-9-2)40-28-38(20-14-26-49-42(47)33(4)5)41(51-32-44(10-3,30-45)31-46)39(29-40)21-15-27-50-43(48)34(6)7/h28-29,35-37,45-46H,4,6,8-27,30-32H2,1-3,5,7H3. The largest absolute Gasteiger partial charge is 0.492 e. The Morgan fingerprint density at radius 2 is 1.27 bits per heavy atom. The minimum atomic E-state index is -0.763. The van der Waals surface area contributed by atoms with Gasteiger partial charge in [0.2, 0.25) is 0 Å². The van der Waals surface area contributed by atoms with Gasteiger partial charge in [0, 0.05) is 11.1 Å². The van der Waals surface area contributed by atoms with Crippen molar-refractivity contribution in [3.63, 3.8) is 0 Å². The molecule has 51 heavy (non-hydrogen) atoms. The van der Waals surface area contributed by atoms with Crippen LogP contribution in [-0.2, 0) is 31.9 Å². The number of aliphatic hydroxyl groups excluding tert-OH is 2. The van der Waals surface area contributed by atoms with E-state index in [4.69, 9.17) is 14.2 Å². The Morgan fingerprint density at radius 3 is 1.71 bits per heavy atom. The average molecular weight is 713 g/mol. The summed E-state index contributed by atoms with van der Waals surface area (Å²) in [5, 5.41) is 20.4. The highest BCUT2D eigenvalue weighted by molar-refractivity contribution is 5.87. The molecule has 0 spiro atoms. The Bertz CT molecular complexity index is 1130. The van der Waals surface area contributed by atoms with Gasteiger partial charge in [0.1, 0.15) is 5.75 Å². The van der Waals surface area contributed by atoms with E-state index in [9.17, 15) is 19.8 Å². The fourth-order valence-corrected chi connectivity index (χ4v) is 7.34. The fraction of sp³-hybridized carbons (Fsp3) is 0.727. The molecule has 1 unspecified atom stereocenters. The lowest BCUT2D eigenvalue weighted by molar-refractivity contribution is -0.139. The number of carbonyl (C=O) groups is 2. The van der Waals surface area contributed by atoms with E-state index in [0.717, 1.165) is 48.0 Å². The minimum absolute atomic E-state index is 0.171. The van der Waals surface area contributed by atoms with Crippen molar-refractivity contribution in [3.8, 4) is 5.75 Å². The fourth-order valence-electron chi connectivity index (χ4n) is 7.34. The van der Waals surface area contributed by atoms with Crippen molar-refractivity contribution in [2.24, 2.45) is 17.3 Å². The first-order valence-electron chi connectivity index (χ1n) is 20.2. The van der Waals surface area contributed by atoms with E-state index in [-0.39, 0.29) is 33.0 Å². The van der Waals surface area contributed by atoms with E-state index >= 15 is 0 Å². The van der Waals surface area contributed by atoms with Crippen LogP contribution in [0.4, 0.5) is 0 Å². The average Bonchev–Trinajstić information content (AvgIpc) is 3.13. The minimum Gasteiger partial charge on any atom is -0.492 e. The summed E-state index contributed by atoms with van der Waals surface area (Å²) in [5.41, 5.74) is 3.37. The lowest BCUT2D eigenvalue weighted by Crippen LogP contribution is -2.36. The summed E-state index contributed by atoms with van der Waals surface area (Å²) in [6.45, 7) is 17.5. The van der Waals surface area contributed by atoms with Crippen molar-refractivity contribution < 1.29 is 34.0 Å². The first-order valence-corrected chi connectivity index (χ1v) is 20.2. The first kappa shape index (κ1) is 44.5. The van der Waals surface area contributed by atoms with E-state index in [1.807, 2.05) is 6.92 Å². The van der Waals surface area contributed by atoms with Gasteiger partial charge in [0.25, 0.3) is 0 Å². The van der Waals surface area contributed by atoms with Gasteiger partial charge in [-0.05, 0) is 93.2 Å². The second kappa shape index (κ2) is 24.6. The summed E-state index contributed by atoms with van der Waals surface area (Å²) in [4.78, 5) is 24.2. The Hall–Kier alpha value is -2.64. The topological polar surface area (TPSA) is 102 Å². The highest BCUT2D eigenvalue weighted by Crippen LogP contribution is 2.39. The number of esters is 2. The molecular weight excluding hydrogens is 640 g/mol. The van der Waals surface area contributed by atoms with Gasteiger partial charge in [-0.2, -0.15) is 0 Å². The summed E-state index contributed by atoms with van der Waals surface area (Å²) in [5.74, 6) is 2.16. The predicted molar refractivity (Wildman–Crippen MR) is 208 cm³/mol. The molecule has 1 aromatic rings. The SMILES string of the molecule is C=C(C)C(=O)OCCCc1cc(C(CCC)CCCC2CCC(CCCCC)CC2)cc(CCCOC(=O)C(=C)C)c1OCC(CC)(CO)CO. The molecule has 290 valence electrons. The van der Waals surface area contributed by atoms with Crippen LogP contribution in [-0.4, -0.2) is 55.2 Å². The summed E-state index contributed by atoms with van der Waals surface area (Å²) >= 11 is 0. The molecule has 0 heterocycles. The molecule has 1 saturated carbocycles. The van der Waals surface area contributed by atoms with Crippen LogP contribution in [0.3, 0.4) is 0 Å². The van der Waals surface area contributed by atoms with Crippen molar-refractivity contribution in [1.29, 1.82) is 0 Å². The van der Waals surface area contributed by atoms with Gasteiger partial charge in [-0.1, -0.05) is 117 Å². The molecule has 1 aliphatic carbocycles. The molecule has 0 amide bonds. The van der Waals surface area contributed by atoms with Crippen LogP contribution in [0.2, 0.25) is 0 Å². The zero-order valence-electron chi connectivity index (χ0n) is 33.0. The number of carbonyl (C=O) groups excluding carboxylic acids is 2. The van der Waals surface area contributed by atoms with Gasteiger partial charge >= 0.3 is 11.9 Å². The van der Waals surface area contributed by atoms with Crippen LogP contribution in [0, 0.1) is 17.3 Å². The molecule has 0 aliphatic heterocycles. The Kier molecular flexibility index (Phi) is 21.5. The maximum atomic E-state index is 12.1. The van der Waals surface area contributed by atoms with Crippen molar-refractivity contribution >= 4 is 11.9 Å². The lowest BCUT2D eigenvalue weighted by Gasteiger charge is -2.30. The zero-order chi connectivity index (χ0) is 37.6. The number of rotatable bonds is 27. The van der Waals surface area contributed by atoms with Crippen molar-refractivity contribution in [3.05, 3.63) is 53.1 Å². The number of aryl methyl sites for hydroxylation is 2. The number of aliphatic hydroxyl groups is 2. The van der Waals surface area contributed by atoms with Crippen LogP contribution in [0.25, 0.3) is 0 Å². The van der Waals surface area contributed by atoms with Gasteiger partial charge < -0.3 is 24.4 Å². The maximum Gasteiger partial charge on any atom is 0.333 e. The highest BCUT2D eigenvalue weighted by Gasteiger charge is 2.29. The molecule has 1 aliphatic rings. The summed E-state index contributed by atoms with van der Waals surface area (Å²) in [6, 6.07) is 4.57. The van der Waals surface area contributed by atoms with Crippen LogP contribution in [0.1, 0.15) is 160 Å². The quantitative estimate of drug-likeness (QED) is 0.0532. The Balaban J connectivity index is 2.34. The molecule has 0 bridgehead atoms. The molecule has 1 atom stereocenters. The number of hydrogen-bond donors (Lipinski definition) is 2. The van der Waals surface area contributed by atoms with Gasteiger partial charge in [0.15, 0.2) is 0 Å². The molecule has 1 fully saturated rings. The molecule has 1 aromatic carbocycles. The van der Waals surface area contributed by atoms with E-state index in [0.29, 0.717) is 49.2 Å². The second-order valence-electron chi connectivity index (χ2n) is 15.5. The normalized spacial score (nSPS) is 16.8. The maximum absolute atomic E-state index is 12.1. The Labute approximate surface area is 310 Å². The lowest BCUT2D eigenvalue weighted by atomic mass is 9.77. The van der Waals surface area contributed by atoms with Crippen molar-refractivity contribution in [2.45, 2.75) is 156 Å². The number of benzene rings is 1. The van der Waals surface area contributed by atoms with E-state index < -0.39 is 17.4 Å². The summed E-state index contributed by atoms with van der Waals surface area (Å²) < 4.78 is 17.4. The number of unbranched alkanes of at least 4 members (excludes halogenated alkanes) is 2. The molecule has 2 N–H and O–H groups in total. The molecule has 0 aromatic heterocycles. The van der Waals surface area contributed by atoms with Crippen LogP contribution in [0.5, 0.6) is 5.75 Å². The second-order valence-corrected chi connectivity index (χ2v) is 15.5. The van der Waals surface area contributed by atoms with Gasteiger partial charge in [-0.15, -0.1) is 0 Å². The molecule has 7 nitrogen and oxygen atoms in total. The number of ether oxygens (including phenoxy) is 3. The van der Waals surface area contributed by atoms with E-state index in [2.05, 4.69) is 39.1 Å². The van der Waals surface area contributed by atoms with E-state index in [1.165, 1.54) is 69.8 Å². The van der Waals surface area contributed by atoms with Gasteiger partial charge in [-0.25, -0.2) is 9.59 Å². The van der Waals surface area contributed by atoms with E-state index in [1.54, 1.807) is 13.8 Å². The third-order valence-corrected chi connectivity index (χ3v) is 11.0. The van der Waals surface area contributed by atoms with Crippen molar-refractivity contribution in [2.75, 3.05) is 33.0 Å². The highest BCUT2D eigenvalue weighted by atomic mass is 16.5.